The van der Waals surface area contributed by atoms with E-state index >= 15 is 0 Å². The standard InChI is InChI=1S/C18H27N5O2S/c1-18(2,3)19-15(24)11-21(4)12-23-17(26)22(5)16(20-23)13-9-7-8-10-14(13)25-6/h7-10H,11-12H2,1-6H3,(H,19,24). The van der Waals surface area contributed by atoms with Crippen LogP contribution in [-0.2, 0) is 18.5 Å². The highest BCUT2D eigenvalue weighted by molar-refractivity contribution is 7.71. The van der Waals surface area contributed by atoms with Crippen molar-refractivity contribution in [2.45, 2.75) is 33.0 Å². The molecule has 0 atom stereocenters. The monoisotopic (exact) mass is 377 g/mol. The molecule has 1 aromatic heterocycles. The van der Waals surface area contributed by atoms with Crippen LogP contribution in [0.3, 0.4) is 0 Å². The zero-order chi connectivity index (χ0) is 19.5. The van der Waals surface area contributed by atoms with Gasteiger partial charge in [-0.05, 0) is 52.2 Å². The van der Waals surface area contributed by atoms with Crippen LogP contribution in [0.15, 0.2) is 24.3 Å². The van der Waals surface area contributed by atoms with E-state index in [1.807, 2.05) is 68.6 Å². The van der Waals surface area contributed by atoms with Gasteiger partial charge in [0.2, 0.25) is 5.91 Å². The Morgan fingerprint density at radius 3 is 2.62 bits per heavy atom. The van der Waals surface area contributed by atoms with Crippen LogP contribution in [0.5, 0.6) is 5.75 Å². The third kappa shape index (κ3) is 4.92. The summed E-state index contributed by atoms with van der Waals surface area (Å²) >= 11 is 5.51. The average molecular weight is 378 g/mol. The van der Waals surface area contributed by atoms with E-state index in [4.69, 9.17) is 17.0 Å². The Bertz CT molecular complexity index is 835. The summed E-state index contributed by atoms with van der Waals surface area (Å²) in [5, 5.41) is 7.58. The molecular weight excluding hydrogens is 350 g/mol. The number of likely N-dealkylation sites (N-methyl/N-ethyl adjacent to an activating group) is 1. The fourth-order valence-electron chi connectivity index (χ4n) is 2.63. The largest absolute Gasteiger partial charge is 0.496 e. The van der Waals surface area contributed by atoms with Gasteiger partial charge in [-0.25, -0.2) is 4.68 Å². The second kappa shape index (κ2) is 8.01. The van der Waals surface area contributed by atoms with Gasteiger partial charge in [0.05, 0.1) is 25.9 Å². The summed E-state index contributed by atoms with van der Waals surface area (Å²) in [5.74, 6) is 1.42. The maximum Gasteiger partial charge on any atom is 0.234 e. The van der Waals surface area contributed by atoms with Crippen molar-refractivity contribution in [1.29, 1.82) is 0 Å². The van der Waals surface area contributed by atoms with Crippen molar-refractivity contribution in [3.8, 4) is 17.1 Å². The van der Waals surface area contributed by atoms with Gasteiger partial charge in [0.15, 0.2) is 10.6 Å². The number of para-hydroxylation sites is 1. The molecule has 0 saturated carbocycles. The Labute approximate surface area is 159 Å². The predicted octanol–water partition coefficient (Wildman–Crippen LogP) is 2.43. The fourth-order valence-corrected chi connectivity index (χ4v) is 2.81. The molecule has 2 rings (SSSR count). The number of rotatable bonds is 6. The van der Waals surface area contributed by atoms with E-state index < -0.39 is 0 Å². The van der Waals surface area contributed by atoms with Gasteiger partial charge in [-0.1, -0.05) is 12.1 Å². The number of benzene rings is 1. The second-order valence-corrected chi connectivity index (χ2v) is 7.68. The lowest BCUT2D eigenvalue weighted by atomic mass is 10.1. The zero-order valence-corrected chi connectivity index (χ0v) is 17.1. The molecule has 7 nitrogen and oxygen atoms in total. The number of aromatic nitrogens is 3. The van der Waals surface area contributed by atoms with E-state index in [0.29, 0.717) is 11.4 Å². The van der Waals surface area contributed by atoms with E-state index in [-0.39, 0.29) is 18.0 Å². The lowest BCUT2D eigenvalue weighted by Gasteiger charge is -2.23. The molecule has 0 aliphatic heterocycles. The highest BCUT2D eigenvalue weighted by Gasteiger charge is 2.17. The maximum absolute atomic E-state index is 12.1. The smallest absolute Gasteiger partial charge is 0.234 e. The van der Waals surface area contributed by atoms with Crippen molar-refractivity contribution in [3.63, 3.8) is 0 Å². The molecule has 0 saturated heterocycles. The lowest BCUT2D eigenvalue weighted by molar-refractivity contribution is -0.123. The quantitative estimate of drug-likeness (QED) is 0.784. The van der Waals surface area contributed by atoms with Gasteiger partial charge in [0.25, 0.3) is 0 Å². The van der Waals surface area contributed by atoms with E-state index in [1.54, 1.807) is 11.8 Å². The van der Waals surface area contributed by atoms with Gasteiger partial charge in [0, 0.05) is 12.6 Å². The number of nitrogens with one attached hydrogen (secondary N) is 1. The fraction of sp³-hybridized carbons (Fsp3) is 0.500. The number of hydrogen-bond acceptors (Lipinski definition) is 5. The predicted molar refractivity (Wildman–Crippen MR) is 105 cm³/mol. The summed E-state index contributed by atoms with van der Waals surface area (Å²) in [6, 6.07) is 7.68. The molecule has 8 heteroatoms. The summed E-state index contributed by atoms with van der Waals surface area (Å²) in [5.41, 5.74) is 0.617. The Morgan fingerprint density at radius 1 is 1.35 bits per heavy atom. The molecule has 0 unspecified atom stereocenters. The van der Waals surface area contributed by atoms with Gasteiger partial charge in [0.1, 0.15) is 5.75 Å². The molecule has 0 aliphatic rings. The van der Waals surface area contributed by atoms with Crippen LogP contribution in [0.2, 0.25) is 0 Å². The van der Waals surface area contributed by atoms with Crippen molar-refractivity contribution in [3.05, 3.63) is 29.0 Å². The Hall–Kier alpha value is -2.19. The number of methoxy groups -OCH3 is 1. The number of amides is 1. The van der Waals surface area contributed by atoms with Crippen LogP contribution in [0, 0.1) is 4.77 Å². The SMILES string of the molecule is COc1ccccc1-c1nn(CN(C)CC(=O)NC(C)(C)C)c(=S)n1C. The summed E-state index contributed by atoms with van der Waals surface area (Å²) in [4.78, 5) is 14.0. The highest BCUT2D eigenvalue weighted by Crippen LogP contribution is 2.28. The van der Waals surface area contributed by atoms with E-state index in [2.05, 4.69) is 10.4 Å². The van der Waals surface area contributed by atoms with Crippen LogP contribution >= 0.6 is 12.2 Å². The van der Waals surface area contributed by atoms with Gasteiger partial charge < -0.3 is 14.6 Å². The minimum atomic E-state index is -0.254. The summed E-state index contributed by atoms with van der Waals surface area (Å²) in [6.45, 7) is 6.55. The van der Waals surface area contributed by atoms with Crippen molar-refractivity contribution in [2.24, 2.45) is 7.05 Å². The topological polar surface area (TPSA) is 64.3 Å². The lowest BCUT2D eigenvalue weighted by Crippen LogP contribution is -2.45. The van der Waals surface area contributed by atoms with Crippen molar-refractivity contribution in [1.82, 2.24) is 24.6 Å². The molecule has 1 heterocycles. The zero-order valence-electron chi connectivity index (χ0n) is 16.2. The molecule has 142 valence electrons. The Morgan fingerprint density at radius 2 is 2.00 bits per heavy atom. The first-order valence-corrected chi connectivity index (χ1v) is 8.80. The first-order chi connectivity index (χ1) is 12.1. The van der Waals surface area contributed by atoms with Crippen LogP contribution < -0.4 is 10.1 Å². The van der Waals surface area contributed by atoms with E-state index in [1.165, 1.54) is 0 Å². The molecule has 1 amide bonds. The van der Waals surface area contributed by atoms with Gasteiger partial charge in [-0.2, -0.15) is 5.10 Å². The van der Waals surface area contributed by atoms with Crippen LogP contribution in [0.25, 0.3) is 11.4 Å². The van der Waals surface area contributed by atoms with E-state index in [0.717, 1.165) is 17.1 Å². The number of nitrogens with zero attached hydrogens (tertiary/aromatic N) is 4. The molecule has 0 spiro atoms. The van der Waals surface area contributed by atoms with Crippen molar-refractivity contribution in [2.75, 3.05) is 20.7 Å². The highest BCUT2D eigenvalue weighted by atomic mass is 32.1. The van der Waals surface area contributed by atoms with Crippen LogP contribution in [-0.4, -0.2) is 51.4 Å². The molecular formula is C18H27N5O2S. The number of carbonyl (C=O) groups is 1. The minimum absolute atomic E-state index is 0.0348. The van der Waals surface area contributed by atoms with Gasteiger partial charge >= 0.3 is 0 Å². The molecule has 0 radical (unpaired) electrons. The summed E-state index contributed by atoms with van der Waals surface area (Å²) < 4.78 is 9.56. The maximum atomic E-state index is 12.1. The molecule has 1 aromatic carbocycles. The number of hydrogen-bond donors (Lipinski definition) is 1. The van der Waals surface area contributed by atoms with Crippen molar-refractivity contribution < 1.29 is 9.53 Å². The molecule has 0 fully saturated rings. The third-order valence-electron chi connectivity index (χ3n) is 3.69. The molecule has 0 aliphatic carbocycles. The molecule has 2 aromatic rings. The average Bonchev–Trinajstić information content (AvgIpc) is 2.81. The Balaban J connectivity index is 2.19. The molecule has 0 bridgehead atoms. The van der Waals surface area contributed by atoms with E-state index in [9.17, 15) is 4.79 Å². The van der Waals surface area contributed by atoms with Gasteiger partial charge in [-0.3, -0.25) is 9.69 Å². The number of ether oxygens (including phenoxy) is 1. The molecule has 26 heavy (non-hydrogen) atoms. The normalized spacial score (nSPS) is 11.7. The van der Waals surface area contributed by atoms with Gasteiger partial charge in [-0.15, -0.1) is 0 Å². The van der Waals surface area contributed by atoms with Crippen LogP contribution in [0.4, 0.5) is 0 Å². The number of carbonyl (C=O) groups excluding carboxylic acids is 1. The Kier molecular flexibility index (Phi) is 6.20. The molecule has 1 N–H and O–H groups in total. The third-order valence-corrected chi connectivity index (χ3v) is 4.18. The second-order valence-electron chi connectivity index (χ2n) is 7.32. The first-order valence-electron chi connectivity index (χ1n) is 8.39. The van der Waals surface area contributed by atoms with Crippen LogP contribution in [0.1, 0.15) is 20.8 Å². The summed E-state index contributed by atoms with van der Waals surface area (Å²) in [7, 11) is 5.37. The minimum Gasteiger partial charge on any atom is -0.496 e. The first kappa shape index (κ1) is 20.1. The summed E-state index contributed by atoms with van der Waals surface area (Å²) in [6.07, 6.45) is 0. The van der Waals surface area contributed by atoms with Crippen molar-refractivity contribution >= 4 is 18.1 Å².